The van der Waals surface area contributed by atoms with E-state index in [4.69, 9.17) is 9.47 Å². The van der Waals surface area contributed by atoms with Crippen molar-refractivity contribution in [3.05, 3.63) is 53.9 Å². The molecule has 162 valence electrons. The van der Waals surface area contributed by atoms with Crippen molar-refractivity contribution in [3.63, 3.8) is 0 Å². The van der Waals surface area contributed by atoms with Crippen LogP contribution in [0.15, 0.2) is 42.7 Å². The number of hydrogen-bond acceptors (Lipinski definition) is 5. The summed E-state index contributed by atoms with van der Waals surface area (Å²) in [5.41, 5.74) is 1.43. The normalized spacial score (nSPS) is 10.3. The van der Waals surface area contributed by atoms with E-state index in [-0.39, 0.29) is 24.8 Å². The number of nitrogens with zero attached hydrogens (tertiary/aromatic N) is 1. The molecule has 0 atom stereocenters. The highest BCUT2D eigenvalue weighted by molar-refractivity contribution is 5.95. The van der Waals surface area contributed by atoms with Gasteiger partial charge in [0, 0.05) is 37.5 Å². The second-order valence-electron chi connectivity index (χ2n) is 6.91. The molecule has 1 aromatic carbocycles. The molecule has 0 aliphatic heterocycles. The largest absolute Gasteiger partial charge is 0.493 e. The van der Waals surface area contributed by atoms with Crippen molar-refractivity contribution >= 4 is 11.8 Å². The van der Waals surface area contributed by atoms with E-state index in [0.717, 1.165) is 18.4 Å². The van der Waals surface area contributed by atoms with Gasteiger partial charge in [0.2, 0.25) is 5.91 Å². The second kappa shape index (κ2) is 13.2. The first-order valence-corrected chi connectivity index (χ1v) is 10.4. The van der Waals surface area contributed by atoms with Gasteiger partial charge in [-0.25, -0.2) is 0 Å². The molecule has 7 nitrogen and oxygen atoms in total. The summed E-state index contributed by atoms with van der Waals surface area (Å²) >= 11 is 0. The van der Waals surface area contributed by atoms with E-state index in [2.05, 4.69) is 22.5 Å². The first-order chi connectivity index (χ1) is 14.6. The molecule has 0 aliphatic carbocycles. The first-order valence-electron chi connectivity index (χ1n) is 10.4. The van der Waals surface area contributed by atoms with E-state index in [0.29, 0.717) is 30.2 Å². The standard InChI is InChI=1S/C23H31N3O4/c1-3-4-5-6-15-30-20-8-7-19(16-21(20)29-2)23(28)25-14-11-22(27)26-17-18-9-12-24-13-10-18/h7-10,12-13,16H,3-6,11,14-15,17H2,1-2H3,(H,25,28)(H,26,27). The molecule has 0 spiro atoms. The van der Waals surface area contributed by atoms with E-state index in [1.54, 1.807) is 37.7 Å². The van der Waals surface area contributed by atoms with E-state index in [1.165, 1.54) is 12.8 Å². The number of rotatable bonds is 13. The Morgan fingerprint density at radius 1 is 1.00 bits per heavy atom. The number of methoxy groups -OCH3 is 1. The van der Waals surface area contributed by atoms with E-state index >= 15 is 0 Å². The van der Waals surface area contributed by atoms with Crippen molar-refractivity contribution in [2.24, 2.45) is 0 Å². The molecule has 0 radical (unpaired) electrons. The molecule has 7 heteroatoms. The smallest absolute Gasteiger partial charge is 0.251 e. The van der Waals surface area contributed by atoms with Gasteiger partial charge in [-0.15, -0.1) is 0 Å². The zero-order valence-corrected chi connectivity index (χ0v) is 17.8. The predicted octanol–water partition coefficient (Wildman–Crippen LogP) is 3.49. The lowest BCUT2D eigenvalue weighted by molar-refractivity contribution is -0.121. The third-order valence-electron chi connectivity index (χ3n) is 4.56. The molecular weight excluding hydrogens is 382 g/mol. The average molecular weight is 414 g/mol. The van der Waals surface area contributed by atoms with E-state index in [9.17, 15) is 9.59 Å². The maximum absolute atomic E-state index is 12.4. The summed E-state index contributed by atoms with van der Waals surface area (Å²) in [5, 5.41) is 5.57. The SMILES string of the molecule is CCCCCCOc1ccc(C(=O)NCCC(=O)NCc2ccncc2)cc1OC. The molecule has 1 aromatic heterocycles. The highest BCUT2D eigenvalue weighted by Crippen LogP contribution is 2.28. The molecule has 2 aromatic rings. The van der Waals surface area contributed by atoms with E-state index < -0.39 is 0 Å². The van der Waals surface area contributed by atoms with E-state index in [1.807, 2.05) is 12.1 Å². The number of ether oxygens (including phenoxy) is 2. The number of amides is 2. The molecule has 2 rings (SSSR count). The van der Waals surface area contributed by atoms with Gasteiger partial charge < -0.3 is 20.1 Å². The highest BCUT2D eigenvalue weighted by atomic mass is 16.5. The van der Waals surface area contributed by atoms with Crippen LogP contribution >= 0.6 is 0 Å². The fraction of sp³-hybridized carbons (Fsp3) is 0.435. The molecule has 0 fully saturated rings. The minimum Gasteiger partial charge on any atom is -0.493 e. The van der Waals surface area contributed by atoms with Gasteiger partial charge >= 0.3 is 0 Å². The molecule has 2 amide bonds. The topological polar surface area (TPSA) is 89.5 Å². The minimum atomic E-state index is -0.260. The van der Waals surface area contributed by atoms with Gasteiger partial charge in [0.15, 0.2) is 11.5 Å². The van der Waals surface area contributed by atoms with Crippen LogP contribution in [0, 0.1) is 0 Å². The molecule has 30 heavy (non-hydrogen) atoms. The number of benzene rings is 1. The molecule has 2 N–H and O–H groups in total. The Balaban J connectivity index is 1.75. The quantitative estimate of drug-likeness (QED) is 0.491. The molecule has 0 aliphatic rings. The Morgan fingerprint density at radius 2 is 1.80 bits per heavy atom. The fourth-order valence-corrected chi connectivity index (χ4v) is 2.82. The Hall–Kier alpha value is -3.09. The number of aromatic nitrogens is 1. The summed E-state index contributed by atoms with van der Waals surface area (Å²) in [4.78, 5) is 28.2. The number of carbonyl (C=O) groups excluding carboxylic acids is 2. The van der Waals surface area contributed by atoms with Gasteiger partial charge in [-0.05, 0) is 42.3 Å². The molecule has 0 unspecified atom stereocenters. The zero-order chi connectivity index (χ0) is 21.6. The van der Waals surface area contributed by atoms with Crippen LogP contribution in [-0.2, 0) is 11.3 Å². The van der Waals surface area contributed by atoms with Crippen LogP contribution in [0.3, 0.4) is 0 Å². The van der Waals surface area contributed by atoms with Gasteiger partial charge in [-0.1, -0.05) is 26.2 Å². The second-order valence-corrected chi connectivity index (χ2v) is 6.91. The Morgan fingerprint density at radius 3 is 2.53 bits per heavy atom. The lowest BCUT2D eigenvalue weighted by Crippen LogP contribution is -2.30. The maximum atomic E-state index is 12.4. The van der Waals surface area contributed by atoms with Crippen LogP contribution in [-0.4, -0.2) is 37.1 Å². The third-order valence-corrected chi connectivity index (χ3v) is 4.56. The van der Waals surface area contributed by atoms with Crippen molar-refractivity contribution in [1.29, 1.82) is 0 Å². The number of carbonyl (C=O) groups is 2. The molecule has 0 saturated heterocycles. The van der Waals surface area contributed by atoms with Crippen LogP contribution in [0.25, 0.3) is 0 Å². The number of nitrogens with one attached hydrogen (secondary N) is 2. The van der Waals surface area contributed by atoms with Gasteiger partial charge in [0.05, 0.1) is 13.7 Å². The van der Waals surface area contributed by atoms with Crippen LogP contribution < -0.4 is 20.1 Å². The lowest BCUT2D eigenvalue weighted by Gasteiger charge is -2.12. The van der Waals surface area contributed by atoms with Gasteiger partial charge in [-0.3, -0.25) is 14.6 Å². The average Bonchev–Trinajstić information content (AvgIpc) is 2.78. The van der Waals surface area contributed by atoms with Crippen molar-refractivity contribution in [2.45, 2.75) is 45.6 Å². The summed E-state index contributed by atoms with van der Waals surface area (Å²) in [6.45, 7) is 3.48. The molecular formula is C23H31N3O4. The lowest BCUT2D eigenvalue weighted by atomic mass is 10.2. The third kappa shape index (κ3) is 8.11. The number of unbranched alkanes of at least 4 members (excludes halogenated alkanes) is 3. The Bertz CT molecular complexity index is 796. The minimum absolute atomic E-state index is 0.128. The first kappa shape index (κ1) is 23.2. The van der Waals surface area contributed by atoms with Crippen LogP contribution in [0.4, 0.5) is 0 Å². The number of hydrogen-bond donors (Lipinski definition) is 2. The van der Waals surface area contributed by atoms with Crippen molar-refractivity contribution < 1.29 is 19.1 Å². The zero-order valence-electron chi connectivity index (χ0n) is 17.8. The van der Waals surface area contributed by atoms with Gasteiger partial charge in [0.1, 0.15) is 0 Å². The van der Waals surface area contributed by atoms with Crippen molar-refractivity contribution in [3.8, 4) is 11.5 Å². The van der Waals surface area contributed by atoms with Gasteiger partial charge in [-0.2, -0.15) is 0 Å². The highest BCUT2D eigenvalue weighted by Gasteiger charge is 2.12. The maximum Gasteiger partial charge on any atom is 0.251 e. The van der Waals surface area contributed by atoms with Gasteiger partial charge in [0.25, 0.3) is 5.91 Å². The monoisotopic (exact) mass is 413 g/mol. The Kier molecular flexibility index (Phi) is 10.2. The molecule has 1 heterocycles. The summed E-state index contributed by atoms with van der Waals surface area (Å²) in [6, 6.07) is 8.78. The van der Waals surface area contributed by atoms with Crippen molar-refractivity contribution in [1.82, 2.24) is 15.6 Å². The van der Waals surface area contributed by atoms with Crippen LogP contribution in [0.5, 0.6) is 11.5 Å². The number of pyridine rings is 1. The van der Waals surface area contributed by atoms with Crippen molar-refractivity contribution in [2.75, 3.05) is 20.3 Å². The molecule has 0 saturated carbocycles. The van der Waals surface area contributed by atoms with Crippen LogP contribution in [0.2, 0.25) is 0 Å². The Labute approximate surface area is 178 Å². The predicted molar refractivity (Wildman–Crippen MR) is 116 cm³/mol. The summed E-state index contributed by atoms with van der Waals surface area (Å²) < 4.78 is 11.1. The fourth-order valence-electron chi connectivity index (χ4n) is 2.82. The molecule has 0 bridgehead atoms. The summed E-state index contributed by atoms with van der Waals surface area (Å²) in [7, 11) is 1.55. The summed E-state index contributed by atoms with van der Waals surface area (Å²) in [5.74, 6) is 0.760. The van der Waals surface area contributed by atoms with Crippen LogP contribution in [0.1, 0.15) is 54.9 Å². The summed E-state index contributed by atoms with van der Waals surface area (Å²) in [6.07, 6.45) is 8.06.